The van der Waals surface area contributed by atoms with Crippen molar-refractivity contribution in [3.05, 3.63) is 52.6 Å². The van der Waals surface area contributed by atoms with E-state index in [1.165, 1.54) is 15.8 Å². The molecule has 3 aromatic rings. The second-order valence-corrected chi connectivity index (χ2v) is 5.12. The minimum Gasteiger partial charge on any atom is -0.380 e. The molecular weight excluding hydrogens is 242 g/mol. The number of hydrogen-bond acceptors (Lipinski definition) is 4. The monoisotopic (exact) mass is 255 g/mol. The molecule has 90 valence electrons. The highest BCUT2D eigenvalue weighted by molar-refractivity contribution is 7.09. The molecule has 0 amide bonds. The van der Waals surface area contributed by atoms with Crippen LogP contribution in [0.2, 0.25) is 0 Å². The zero-order valence-corrected chi connectivity index (χ0v) is 10.9. The third-order valence-corrected chi connectivity index (χ3v) is 3.69. The van der Waals surface area contributed by atoms with Crippen LogP contribution in [0.5, 0.6) is 0 Å². The average Bonchev–Trinajstić information content (AvgIpc) is 2.92. The highest BCUT2D eigenvalue weighted by Gasteiger charge is 2.04. The molecule has 0 bridgehead atoms. The minimum atomic E-state index is 0.803. The van der Waals surface area contributed by atoms with E-state index in [1.54, 1.807) is 11.3 Å². The lowest BCUT2D eigenvalue weighted by molar-refractivity contribution is 1.18. The first-order valence-corrected chi connectivity index (χ1v) is 6.68. The molecule has 0 atom stereocenters. The maximum Gasteiger partial charge on any atom is 0.0794 e. The first kappa shape index (κ1) is 11.2. The van der Waals surface area contributed by atoms with Crippen LogP contribution in [0.15, 0.2) is 42.2 Å². The Labute approximate surface area is 110 Å². The Kier molecular flexibility index (Phi) is 2.94. The molecule has 0 aliphatic heterocycles. The van der Waals surface area contributed by atoms with Gasteiger partial charge in [-0.2, -0.15) is 0 Å². The first-order valence-electron chi connectivity index (χ1n) is 5.80. The molecular formula is C14H13N3S. The number of rotatable bonds is 3. The third-order valence-electron chi connectivity index (χ3n) is 2.91. The minimum absolute atomic E-state index is 0.803. The summed E-state index contributed by atoms with van der Waals surface area (Å²) in [5.41, 5.74) is 5.24. The van der Waals surface area contributed by atoms with E-state index in [4.69, 9.17) is 0 Å². The zero-order chi connectivity index (χ0) is 12.4. The topological polar surface area (TPSA) is 37.8 Å². The largest absolute Gasteiger partial charge is 0.380 e. The summed E-state index contributed by atoms with van der Waals surface area (Å²) in [6, 6.07) is 8.29. The quantitative estimate of drug-likeness (QED) is 0.777. The molecule has 3 nitrogen and oxygen atoms in total. The Morgan fingerprint density at radius 1 is 1.28 bits per heavy atom. The fourth-order valence-electron chi connectivity index (χ4n) is 1.98. The fourth-order valence-corrected chi connectivity index (χ4v) is 2.51. The van der Waals surface area contributed by atoms with Gasteiger partial charge in [-0.25, -0.2) is 0 Å². The number of pyridine rings is 1. The van der Waals surface area contributed by atoms with Gasteiger partial charge < -0.3 is 5.32 Å². The van der Waals surface area contributed by atoms with Gasteiger partial charge in [0.2, 0.25) is 0 Å². The van der Waals surface area contributed by atoms with Crippen molar-refractivity contribution in [1.29, 1.82) is 0 Å². The van der Waals surface area contributed by atoms with E-state index in [0.717, 1.165) is 17.7 Å². The molecule has 0 aliphatic rings. The molecule has 4 heteroatoms. The lowest BCUT2D eigenvalue weighted by Crippen LogP contribution is -1.99. The van der Waals surface area contributed by atoms with E-state index in [9.17, 15) is 0 Å². The maximum atomic E-state index is 4.44. The summed E-state index contributed by atoms with van der Waals surface area (Å²) in [5.74, 6) is 0. The lowest BCUT2D eigenvalue weighted by Gasteiger charge is -2.09. The van der Waals surface area contributed by atoms with E-state index >= 15 is 0 Å². The molecule has 2 aromatic heterocycles. The van der Waals surface area contributed by atoms with Gasteiger partial charge in [-0.05, 0) is 30.7 Å². The number of anilines is 1. The second-order valence-electron chi connectivity index (χ2n) is 4.15. The van der Waals surface area contributed by atoms with Crippen molar-refractivity contribution >= 4 is 27.9 Å². The summed E-state index contributed by atoms with van der Waals surface area (Å²) >= 11 is 1.66. The number of benzene rings is 1. The van der Waals surface area contributed by atoms with Crippen LogP contribution in [0.25, 0.3) is 10.9 Å². The number of aromatic nitrogens is 2. The van der Waals surface area contributed by atoms with Crippen molar-refractivity contribution in [2.75, 3.05) is 5.32 Å². The summed E-state index contributed by atoms with van der Waals surface area (Å²) in [6.45, 7) is 2.89. The highest BCUT2D eigenvalue weighted by atomic mass is 32.1. The summed E-state index contributed by atoms with van der Waals surface area (Å²) in [6.07, 6.45) is 3.73. The predicted molar refractivity (Wildman–Crippen MR) is 75.9 cm³/mol. The van der Waals surface area contributed by atoms with Crippen LogP contribution in [0.4, 0.5) is 5.69 Å². The molecule has 0 fully saturated rings. The number of aryl methyl sites for hydroxylation is 1. The van der Waals surface area contributed by atoms with Gasteiger partial charge in [-0.3, -0.25) is 9.97 Å². The smallest absolute Gasteiger partial charge is 0.0794 e. The van der Waals surface area contributed by atoms with Crippen molar-refractivity contribution in [1.82, 2.24) is 9.97 Å². The van der Waals surface area contributed by atoms with Crippen LogP contribution in [0.3, 0.4) is 0 Å². The van der Waals surface area contributed by atoms with Gasteiger partial charge in [0.05, 0.1) is 17.6 Å². The van der Waals surface area contributed by atoms with E-state index < -0.39 is 0 Å². The Hall–Kier alpha value is -1.94. The SMILES string of the molecule is Cc1ccc(NCc2cncs2)c2cccnc12. The fraction of sp³-hybridized carbons (Fsp3) is 0.143. The predicted octanol–water partition coefficient (Wildman–Crippen LogP) is 3.61. The molecule has 1 N–H and O–H groups in total. The van der Waals surface area contributed by atoms with Gasteiger partial charge in [0.15, 0.2) is 0 Å². The number of fused-ring (bicyclic) bond motifs is 1. The van der Waals surface area contributed by atoms with Gasteiger partial charge in [-0.1, -0.05) is 6.07 Å². The molecule has 0 saturated carbocycles. The van der Waals surface area contributed by atoms with E-state index in [2.05, 4.69) is 40.4 Å². The average molecular weight is 255 g/mol. The van der Waals surface area contributed by atoms with Crippen molar-refractivity contribution in [2.24, 2.45) is 0 Å². The van der Waals surface area contributed by atoms with E-state index in [0.29, 0.717) is 0 Å². The molecule has 0 saturated heterocycles. The Morgan fingerprint density at radius 3 is 3.06 bits per heavy atom. The molecule has 0 aliphatic carbocycles. The van der Waals surface area contributed by atoms with E-state index in [-0.39, 0.29) is 0 Å². The Bertz CT molecular complexity index is 662. The van der Waals surface area contributed by atoms with Crippen LogP contribution in [0.1, 0.15) is 10.4 Å². The molecule has 1 aromatic carbocycles. The second kappa shape index (κ2) is 4.74. The number of nitrogens with zero attached hydrogens (tertiary/aromatic N) is 2. The van der Waals surface area contributed by atoms with Crippen LogP contribution in [-0.4, -0.2) is 9.97 Å². The van der Waals surface area contributed by atoms with E-state index in [1.807, 2.05) is 24.0 Å². The first-order chi connectivity index (χ1) is 8.84. The molecule has 0 spiro atoms. The third kappa shape index (κ3) is 2.07. The highest BCUT2D eigenvalue weighted by Crippen LogP contribution is 2.25. The van der Waals surface area contributed by atoms with Crippen molar-refractivity contribution < 1.29 is 0 Å². The molecule has 0 unspecified atom stereocenters. The lowest BCUT2D eigenvalue weighted by atomic mass is 10.1. The van der Waals surface area contributed by atoms with Crippen LogP contribution >= 0.6 is 11.3 Å². The molecule has 2 heterocycles. The van der Waals surface area contributed by atoms with Crippen molar-refractivity contribution in [3.8, 4) is 0 Å². The summed E-state index contributed by atoms with van der Waals surface area (Å²) in [4.78, 5) is 9.74. The zero-order valence-electron chi connectivity index (χ0n) is 10.1. The van der Waals surface area contributed by atoms with Crippen LogP contribution in [0, 0.1) is 6.92 Å². The Balaban J connectivity index is 1.94. The van der Waals surface area contributed by atoms with Crippen LogP contribution in [-0.2, 0) is 6.54 Å². The summed E-state index contributed by atoms with van der Waals surface area (Å²) in [7, 11) is 0. The summed E-state index contributed by atoms with van der Waals surface area (Å²) in [5, 5.41) is 4.62. The van der Waals surface area contributed by atoms with Gasteiger partial charge >= 0.3 is 0 Å². The molecule has 0 radical (unpaired) electrons. The Morgan fingerprint density at radius 2 is 2.22 bits per heavy atom. The maximum absolute atomic E-state index is 4.44. The van der Waals surface area contributed by atoms with Gasteiger partial charge in [0, 0.05) is 28.3 Å². The number of hydrogen-bond donors (Lipinski definition) is 1. The molecule has 3 rings (SSSR count). The van der Waals surface area contributed by atoms with Crippen molar-refractivity contribution in [2.45, 2.75) is 13.5 Å². The van der Waals surface area contributed by atoms with Crippen molar-refractivity contribution in [3.63, 3.8) is 0 Å². The van der Waals surface area contributed by atoms with Crippen LogP contribution < -0.4 is 5.32 Å². The summed E-state index contributed by atoms with van der Waals surface area (Å²) < 4.78 is 0. The normalized spacial score (nSPS) is 10.7. The number of nitrogens with one attached hydrogen (secondary N) is 1. The standard InChI is InChI=1S/C14H13N3S/c1-10-4-5-13(12-3-2-6-16-14(10)12)17-8-11-7-15-9-18-11/h2-7,9,17H,8H2,1H3. The number of thiazole rings is 1. The van der Waals surface area contributed by atoms with Gasteiger partial charge in [0.25, 0.3) is 0 Å². The molecule has 18 heavy (non-hydrogen) atoms. The van der Waals surface area contributed by atoms with Gasteiger partial charge in [0.1, 0.15) is 0 Å². The van der Waals surface area contributed by atoms with Gasteiger partial charge in [-0.15, -0.1) is 11.3 Å².